The molecule has 0 saturated carbocycles. The normalized spacial score (nSPS) is 10.4. The van der Waals surface area contributed by atoms with E-state index in [-0.39, 0.29) is 62.8 Å². The van der Waals surface area contributed by atoms with Crippen molar-refractivity contribution in [1.82, 2.24) is 0 Å². The van der Waals surface area contributed by atoms with E-state index in [0.717, 1.165) is 6.07 Å². The van der Waals surface area contributed by atoms with Gasteiger partial charge in [-0.2, -0.15) is 0 Å². The molecule has 1 aromatic carbocycles. The molecule has 72 valence electrons. The molecule has 0 aliphatic carbocycles. The number of hydrogen-bond acceptors (Lipinski definition) is 5. The average Bonchev–Trinajstić information content (AvgIpc) is 2.03. The summed E-state index contributed by atoms with van der Waals surface area (Å²) < 4.78 is 36.6. The minimum atomic E-state index is -4.52. The van der Waals surface area contributed by atoms with Crippen LogP contribution in [0.1, 0.15) is 0 Å². The topological polar surface area (TPSA) is 92.5 Å². The van der Waals surface area contributed by atoms with E-state index in [0.29, 0.717) is 0 Å². The van der Waals surface area contributed by atoms with E-state index in [4.69, 9.17) is 10.5 Å². The van der Waals surface area contributed by atoms with Crippen LogP contribution < -0.4 is 61.9 Å². The number of methoxy groups -OCH3 is 1. The first-order valence-electron chi connectivity index (χ1n) is 3.34. The van der Waals surface area contributed by atoms with E-state index in [1.807, 2.05) is 0 Å². The third kappa shape index (κ3) is 3.50. The molecule has 0 unspecified atom stereocenters. The third-order valence-corrected chi connectivity index (χ3v) is 2.38. The molecule has 0 heterocycles. The second-order valence-corrected chi connectivity index (χ2v) is 3.71. The molecule has 0 radical (unpaired) electrons. The van der Waals surface area contributed by atoms with E-state index in [1.54, 1.807) is 0 Å². The Morgan fingerprint density at radius 3 is 2.43 bits per heavy atom. The van der Waals surface area contributed by atoms with E-state index < -0.39 is 15.0 Å². The zero-order valence-electron chi connectivity index (χ0n) is 7.85. The fourth-order valence-electron chi connectivity index (χ4n) is 0.858. The van der Waals surface area contributed by atoms with Gasteiger partial charge in [-0.1, -0.05) is 0 Å². The number of rotatable bonds is 2. The molecule has 14 heavy (non-hydrogen) atoms. The standard InChI is InChI=1S/C7H9NO4S.K/c1-12-5-2-3-6(8)7(4-5)13(9,10)11;/h2-4H,8H2,1H3,(H,9,10,11);/q;+1/p-1. The summed E-state index contributed by atoms with van der Waals surface area (Å²) in [7, 11) is -3.15. The van der Waals surface area contributed by atoms with Crippen molar-refractivity contribution in [1.29, 1.82) is 0 Å². The van der Waals surface area contributed by atoms with Crippen LogP contribution in [-0.4, -0.2) is 20.1 Å². The Morgan fingerprint density at radius 1 is 1.43 bits per heavy atom. The molecule has 2 N–H and O–H groups in total. The summed E-state index contributed by atoms with van der Waals surface area (Å²) in [5, 5.41) is 0. The van der Waals surface area contributed by atoms with Crippen molar-refractivity contribution in [3.05, 3.63) is 18.2 Å². The van der Waals surface area contributed by atoms with Gasteiger partial charge in [0.15, 0.2) is 0 Å². The molecule has 0 aliphatic heterocycles. The molecular weight excluding hydrogens is 233 g/mol. The van der Waals surface area contributed by atoms with E-state index in [9.17, 15) is 13.0 Å². The van der Waals surface area contributed by atoms with E-state index in [1.165, 1.54) is 19.2 Å². The Labute approximate surface area is 125 Å². The minimum Gasteiger partial charge on any atom is -0.744 e. The van der Waals surface area contributed by atoms with Crippen molar-refractivity contribution < 1.29 is 69.1 Å². The maximum absolute atomic E-state index is 10.6. The van der Waals surface area contributed by atoms with Crippen molar-refractivity contribution in [3.63, 3.8) is 0 Å². The van der Waals surface area contributed by atoms with Crippen molar-refractivity contribution in [2.75, 3.05) is 12.8 Å². The number of nitrogens with two attached hydrogens (primary N) is 1. The first-order chi connectivity index (χ1) is 5.95. The van der Waals surface area contributed by atoms with Gasteiger partial charge in [0.05, 0.1) is 12.0 Å². The maximum Gasteiger partial charge on any atom is 1.00 e. The fourth-order valence-corrected chi connectivity index (χ4v) is 1.48. The quantitative estimate of drug-likeness (QED) is 0.343. The second-order valence-electron chi connectivity index (χ2n) is 2.36. The molecule has 7 heteroatoms. The SMILES string of the molecule is COc1ccc(N)c(S(=O)(=O)[O-])c1.[K+]. The van der Waals surface area contributed by atoms with Gasteiger partial charge in [0.25, 0.3) is 0 Å². The molecule has 0 saturated heterocycles. The number of nitrogen functional groups attached to an aromatic ring is 1. The molecule has 1 aromatic rings. The van der Waals surface area contributed by atoms with Gasteiger partial charge >= 0.3 is 51.4 Å². The monoisotopic (exact) mass is 241 g/mol. The van der Waals surface area contributed by atoms with Crippen LogP contribution in [-0.2, 0) is 10.1 Å². The van der Waals surface area contributed by atoms with Crippen LogP contribution in [0.4, 0.5) is 5.69 Å². The summed E-state index contributed by atoms with van der Waals surface area (Å²) >= 11 is 0. The van der Waals surface area contributed by atoms with Crippen LogP contribution in [0.2, 0.25) is 0 Å². The van der Waals surface area contributed by atoms with Crippen LogP contribution in [0.15, 0.2) is 23.1 Å². The Kier molecular flexibility index (Phi) is 5.59. The largest absolute Gasteiger partial charge is 1.00 e. The van der Waals surface area contributed by atoms with Gasteiger partial charge in [0, 0.05) is 5.69 Å². The van der Waals surface area contributed by atoms with Gasteiger partial charge in [0.2, 0.25) is 0 Å². The molecule has 5 nitrogen and oxygen atoms in total. The number of benzene rings is 1. The second kappa shape index (κ2) is 5.45. The van der Waals surface area contributed by atoms with Crippen molar-refractivity contribution in [2.45, 2.75) is 4.90 Å². The van der Waals surface area contributed by atoms with Crippen LogP contribution in [0.25, 0.3) is 0 Å². The molecule has 0 spiro atoms. The fraction of sp³-hybridized carbons (Fsp3) is 0.143. The summed E-state index contributed by atoms with van der Waals surface area (Å²) in [4.78, 5) is -0.452. The Balaban J connectivity index is 0.00000169. The summed E-state index contributed by atoms with van der Waals surface area (Å²) in [6, 6.07) is 3.88. The number of anilines is 1. The van der Waals surface area contributed by atoms with Crippen LogP contribution >= 0.6 is 0 Å². The van der Waals surface area contributed by atoms with Gasteiger partial charge < -0.3 is 15.0 Å². The first kappa shape index (κ1) is 14.4. The summed E-state index contributed by atoms with van der Waals surface area (Å²) in [5.41, 5.74) is 5.22. The van der Waals surface area contributed by atoms with Crippen LogP contribution in [0.3, 0.4) is 0 Å². The molecule has 0 atom stereocenters. The molecule has 0 aromatic heterocycles. The molecule has 0 fully saturated rings. The van der Waals surface area contributed by atoms with Crippen LogP contribution in [0.5, 0.6) is 5.75 Å². The van der Waals surface area contributed by atoms with Gasteiger partial charge in [0.1, 0.15) is 15.9 Å². The van der Waals surface area contributed by atoms with E-state index in [2.05, 4.69) is 0 Å². The predicted molar refractivity (Wildman–Crippen MR) is 45.4 cm³/mol. The number of hydrogen-bond donors (Lipinski definition) is 1. The molecule has 1 rings (SSSR count). The minimum absolute atomic E-state index is 0. The van der Waals surface area contributed by atoms with Crippen molar-refractivity contribution in [2.24, 2.45) is 0 Å². The smallest absolute Gasteiger partial charge is 0.744 e. The first-order valence-corrected chi connectivity index (χ1v) is 4.75. The summed E-state index contributed by atoms with van der Waals surface area (Å²) in [6.07, 6.45) is 0. The Hall–Kier alpha value is 0.366. The Bertz CT molecular complexity index is 418. The van der Waals surface area contributed by atoms with Gasteiger partial charge in [-0.15, -0.1) is 0 Å². The predicted octanol–water partition coefficient (Wildman–Crippen LogP) is -2.81. The van der Waals surface area contributed by atoms with Gasteiger partial charge in [-0.3, -0.25) is 0 Å². The van der Waals surface area contributed by atoms with Crippen molar-refractivity contribution >= 4 is 15.8 Å². The molecule has 0 aliphatic rings. The van der Waals surface area contributed by atoms with Crippen molar-refractivity contribution in [3.8, 4) is 5.75 Å². The molecule has 0 amide bonds. The average molecular weight is 241 g/mol. The van der Waals surface area contributed by atoms with Gasteiger partial charge in [-0.25, -0.2) is 8.42 Å². The summed E-state index contributed by atoms with van der Waals surface area (Å²) in [6.45, 7) is 0. The molecule has 0 bridgehead atoms. The van der Waals surface area contributed by atoms with E-state index >= 15 is 0 Å². The number of ether oxygens (including phenoxy) is 1. The van der Waals surface area contributed by atoms with Gasteiger partial charge in [-0.05, 0) is 18.2 Å². The zero-order valence-corrected chi connectivity index (χ0v) is 11.8. The molecular formula is C7H8KNO4S. The third-order valence-electron chi connectivity index (χ3n) is 1.49. The maximum atomic E-state index is 10.6. The Morgan fingerprint density at radius 2 is 2.00 bits per heavy atom. The summed E-state index contributed by atoms with van der Waals surface area (Å²) in [5.74, 6) is 0.281. The van der Waals surface area contributed by atoms with Crippen LogP contribution in [0, 0.1) is 0 Å². The zero-order chi connectivity index (χ0) is 10.1.